The fourth-order valence-corrected chi connectivity index (χ4v) is 3.25. The molecule has 0 saturated heterocycles. The van der Waals surface area contributed by atoms with Crippen molar-refractivity contribution >= 4 is 45.9 Å². The highest BCUT2D eigenvalue weighted by Crippen LogP contribution is 2.18. The Balaban J connectivity index is 0.00000312. The first kappa shape index (κ1) is 22.6. The molecular formula is C18H28BrFIN3O. The van der Waals surface area contributed by atoms with Gasteiger partial charge < -0.3 is 15.7 Å². The molecule has 1 aliphatic carbocycles. The fourth-order valence-electron chi connectivity index (χ4n) is 2.92. The van der Waals surface area contributed by atoms with Crippen molar-refractivity contribution in [1.29, 1.82) is 0 Å². The highest BCUT2D eigenvalue weighted by molar-refractivity contribution is 14.0. The SMILES string of the molecule is CCNC(=NCCCc1ccc(Br)cc1F)NC1CCC(O)CC1.I. The molecule has 0 aromatic heterocycles. The highest BCUT2D eigenvalue weighted by Gasteiger charge is 2.19. The predicted molar refractivity (Wildman–Crippen MR) is 115 cm³/mol. The summed E-state index contributed by atoms with van der Waals surface area (Å²) in [6.45, 7) is 3.50. The topological polar surface area (TPSA) is 56.7 Å². The average molecular weight is 528 g/mol. The lowest BCUT2D eigenvalue weighted by atomic mass is 9.93. The predicted octanol–water partition coefficient (Wildman–Crippen LogP) is 4.00. The first-order valence-electron chi connectivity index (χ1n) is 8.75. The van der Waals surface area contributed by atoms with E-state index in [1.165, 1.54) is 6.07 Å². The summed E-state index contributed by atoms with van der Waals surface area (Å²) >= 11 is 3.27. The van der Waals surface area contributed by atoms with E-state index in [-0.39, 0.29) is 35.9 Å². The van der Waals surface area contributed by atoms with E-state index < -0.39 is 0 Å². The number of benzene rings is 1. The molecular weight excluding hydrogens is 500 g/mol. The molecule has 25 heavy (non-hydrogen) atoms. The molecule has 1 fully saturated rings. The maximum Gasteiger partial charge on any atom is 0.191 e. The summed E-state index contributed by atoms with van der Waals surface area (Å²) in [6, 6.07) is 5.56. The number of guanidine groups is 1. The Morgan fingerprint density at radius 3 is 2.68 bits per heavy atom. The fraction of sp³-hybridized carbons (Fsp3) is 0.611. The monoisotopic (exact) mass is 527 g/mol. The summed E-state index contributed by atoms with van der Waals surface area (Å²) in [6.07, 6.45) is 4.96. The average Bonchev–Trinajstić information content (AvgIpc) is 2.55. The minimum Gasteiger partial charge on any atom is -0.393 e. The first-order valence-corrected chi connectivity index (χ1v) is 9.54. The van der Waals surface area contributed by atoms with Crippen molar-refractivity contribution in [3.8, 4) is 0 Å². The minimum atomic E-state index is -0.167. The van der Waals surface area contributed by atoms with Crippen LogP contribution in [0.3, 0.4) is 0 Å². The largest absolute Gasteiger partial charge is 0.393 e. The van der Waals surface area contributed by atoms with E-state index in [9.17, 15) is 9.50 Å². The van der Waals surface area contributed by atoms with E-state index >= 15 is 0 Å². The number of hydrogen-bond acceptors (Lipinski definition) is 2. The van der Waals surface area contributed by atoms with Crippen LogP contribution < -0.4 is 10.6 Å². The molecule has 0 aliphatic heterocycles. The lowest BCUT2D eigenvalue weighted by Crippen LogP contribution is -2.45. The van der Waals surface area contributed by atoms with Crippen LogP contribution in [0.4, 0.5) is 4.39 Å². The zero-order chi connectivity index (χ0) is 17.4. The van der Waals surface area contributed by atoms with Crippen LogP contribution in [-0.2, 0) is 6.42 Å². The smallest absolute Gasteiger partial charge is 0.191 e. The third kappa shape index (κ3) is 8.21. The number of aliphatic imine (C=N–C) groups is 1. The maximum absolute atomic E-state index is 13.8. The molecule has 0 spiro atoms. The van der Waals surface area contributed by atoms with Gasteiger partial charge in [-0.25, -0.2) is 4.39 Å². The van der Waals surface area contributed by atoms with Gasteiger partial charge in [0.25, 0.3) is 0 Å². The zero-order valence-corrected chi connectivity index (χ0v) is 18.5. The Morgan fingerprint density at radius 1 is 1.32 bits per heavy atom. The van der Waals surface area contributed by atoms with Crippen LogP contribution in [0.2, 0.25) is 0 Å². The third-order valence-electron chi connectivity index (χ3n) is 4.27. The normalized spacial score (nSPS) is 20.7. The number of aliphatic hydroxyl groups excluding tert-OH is 1. The molecule has 142 valence electrons. The van der Waals surface area contributed by atoms with Gasteiger partial charge in [0.05, 0.1) is 6.10 Å². The van der Waals surface area contributed by atoms with E-state index in [1.807, 2.05) is 19.1 Å². The van der Waals surface area contributed by atoms with Crippen molar-refractivity contribution in [2.45, 2.75) is 57.6 Å². The van der Waals surface area contributed by atoms with Crippen LogP contribution in [0.25, 0.3) is 0 Å². The number of nitrogens with zero attached hydrogens (tertiary/aromatic N) is 1. The molecule has 0 heterocycles. The van der Waals surface area contributed by atoms with Crippen LogP contribution in [0.15, 0.2) is 27.7 Å². The molecule has 3 N–H and O–H groups in total. The number of hydrogen-bond donors (Lipinski definition) is 3. The van der Waals surface area contributed by atoms with E-state index in [2.05, 4.69) is 31.6 Å². The summed E-state index contributed by atoms with van der Waals surface area (Å²) in [7, 11) is 0. The summed E-state index contributed by atoms with van der Waals surface area (Å²) in [5, 5.41) is 16.3. The van der Waals surface area contributed by atoms with E-state index in [0.29, 0.717) is 19.0 Å². The molecule has 0 amide bonds. The lowest BCUT2D eigenvalue weighted by Gasteiger charge is -2.27. The van der Waals surface area contributed by atoms with Gasteiger partial charge in [0.1, 0.15) is 5.82 Å². The van der Waals surface area contributed by atoms with Crippen LogP contribution >= 0.6 is 39.9 Å². The molecule has 1 aromatic rings. The molecule has 4 nitrogen and oxygen atoms in total. The van der Waals surface area contributed by atoms with Crippen molar-refractivity contribution in [1.82, 2.24) is 10.6 Å². The van der Waals surface area contributed by atoms with Crippen LogP contribution in [0, 0.1) is 5.82 Å². The minimum absolute atomic E-state index is 0. The number of aryl methyl sites for hydroxylation is 1. The second kappa shape index (κ2) is 12.1. The van der Waals surface area contributed by atoms with Crippen molar-refractivity contribution in [3.05, 3.63) is 34.1 Å². The van der Waals surface area contributed by atoms with Gasteiger partial charge in [-0.05, 0) is 63.1 Å². The molecule has 7 heteroatoms. The third-order valence-corrected chi connectivity index (χ3v) is 4.76. The summed E-state index contributed by atoms with van der Waals surface area (Å²) < 4.78 is 14.5. The molecule has 1 aliphatic rings. The van der Waals surface area contributed by atoms with Crippen molar-refractivity contribution in [2.24, 2.45) is 4.99 Å². The van der Waals surface area contributed by atoms with Gasteiger partial charge in [-0.3, -0.25) is 4.99 Å². The van der Waals surface area contributed by atoms with Crippen LogP contribution in [0.5, 0.6) is 0 Å². The Hall–Kier alpha value is -0.410. The Bertz CT molecular complexity index is 551. The van der Waals surface area contributed by atoms with Gasteiger partial charge in [0.2, 0.25) is 0 Å². The molecule has 0 radical (unpaired) electrons. The van der Waals surface area contributed by atoms with Crippen LogP contribution in [-0.4, -0.2) is 36.3 Å². The first-order chi connectivity index (χ1) is 11.6. The second-order valence-corrected chi connectivity index (χ2v) is 7.17. The van der Waals surface area contributed by atoms with Gasteiger partial charge in [-0.15, -0.1) is 24.0 Å². The summed E-state index contributed by atoms with van der Waals surface area (Å²) in [5.74, 6) is 0.648. The van der Waals surface area contributed by atoms with Gasteiger partial charge >= 0.3 is 0 Å². The van der Waals surface area contributed by atoms with Gasteiger partial charge in [0, 0.05) is 23.6 Å². The van der Waals surface area contributed by atoms with Crippen molar-refractivity contribution in [3.63, 3.8) is 0 Å². The van der Waals surface area contributed by atoms with Gasteiger partial charge in [-0.1, -0.05) is 22.0 Å². The molecule has 1 saturated carbocycles. The summed E-state index contributed by atoms with van der Waals surface area (Å²) in [4.78, 5) is 4.59. The standard InChI is InChI=1S/C18H27BrFN3O.HI/c1-2-21-18(23-15-7-9-16(24)10-8-15)22-11-3-4-13-5-6-14(19)12-17(13)20;/h5-6,12,15-16,24H,2-4,7-11H2,1H3,(H2,21,22,23);1H. The van der Waals surface area contributed by atoms with Gasteiger partial charge in [-0.2, -0.15) is 0 Å². The van der Waals surface area contributed by atoms with Crippen LogP contribution in [0.1, 0.15) is 44.6 Å². The molecule has 0 atom stereocenters. The Kier molecular flexibility index (Phi) is 10.9. The number of halogens is 3. The van der Waals surface area contributed by atoms with Crippen molar-refractivity contribution < 1.29 is 9.50 Å². The van der Waals surface area contributed by atoms with Crippen molar-refractivity contribution in [2.75, 3.05) is 13.1 Å². The van der Waals surface area contributed by atoms with E-state index in [1.54, 1.807) is 0 Å². The highest BCUT2D eigenvalue weighted by atomic mass is 127. The molecule has 0 bridgehead atoms. The van der Waals surface area contributed by atoms with E-state index in [4.69, 9.17) is 0 Å². The maximum atomic E-state index is 13.8. The number of rotatable bonds is 6. The number of aliphatic hydroxyl groups is 1. The Labute approximate surface area is 175 Å². The van der Waals surface area contributed by atoms with Gasteiger partial charge in [0.15, 0.2) is 5.96 Å². The summed E-state index contributed by atoms with van der Waals surface area (Å²) in [5.41, 5.74) is 0.729. The molecule has 2 rings (SSSR count). The molecule has 0 unspecified atom stereocenters. The Morgan fingerprint density at radius 2 is 2.04 bits per heavy atom. The second-order valence-electron chi connectivity index (χ2n) is 6.25. The molecule has 1 aromatic carbocycles. The quantitative estimate of drug-likeness (QED) is 0.227. The zero-order valence-electron chi connectivity index (χ0n) is 14.6. The number of nitrogens with one attached hydrogen (secondary N) is 2. The van der Waals surface area contributed by atoms with E-state index in [0.717, 1.165) is 54.6 Å². The lowest BCUT2D eigenvalue weighted by molar-refractivity contribution is 0.120.